The lowest BCUT2D eigenvalue weighted by Gasteiger charge is -2.17. The number of rotatable bonds is 2. The first-order valence-corrected chi connectivity index (χ1v) is 8.19. The van der Waals surface area contributed by atoms with Crippen LogP contribution in [0.15, 0.2) is 42.5 Å². The van der Waals surface area contributed by atoms with E-state index in [1.54, 1.807) is 0 Å². The van der Waals surface area contributed by atoms with Crippen molar-refractivity contribution in [1.29, 1.82) is 0 Å². The van der Waals surface area contributed by atoms with E-state index in [1.807, 2.05) is 36.4 Å². The Balaban J connectivity index is 1.80. The zero-order chi connectivity index (χ0) is 14.8. The molecule has 3 rings (SSSR count). The van der Waals surface area contributed by atoms with E-state index in [0.717, 1.165) is 27.8 Å². The van der Waals surface area contributed by atoms with Crippen LogP contribution in [0.5, 0.6) is 0 Å². The van der Waals surface area contributed by atoms with Crippen molar-refractivity contribution >= 4 is 51.5 Å². The highest BCUT2D eigenvalue weighted by molar-refractivity contribution is 14.1. The first-order chi connectivity index (χ1) is 10.1. The highest BCUT2D eigenvalue weighted by Crippen LogP contribution is 2.27. The summed E-state index contributed by atoms with van der Waals surface area (Å²) in [6.45, 7) is 0. The Kier molecular flexibility index (Phi) is 4.35. The van der Waals surface area contributed by atoms with Gasteiger partial charge in [-0.3, -0.25) is 4.79 Å². The van der Waals surface area contributed by atoms with Gasteiger partial charge in [-0.05, 0) is 65.3 Å². The van der Waals surface area contributed by atoms with Gasteiger partial charge >= 0.3 is 0 Å². The molecule has 0 saturated heterocycles. The van der Waals surface area contributed by atoms with Gasteiger partial charge in [-0.1, -0.05) is 29.8 Å². The molecule has 1 atom stereocenters. The summed E-state index contributed by atoms with van der Waals surface area (Å²) >= 11 is 8.44. The van der Waals surface area contributed by atoms with Crippen molar-refractivity contribution in [3.05, 3.63) is 56.6 Å². The van der Waals surface area contributed by atoms with Gasteiger partial charge < -0.3 is 10.6 Å². The summed E-state index contributed by atoms with van der Waals surface area (Å²) in [5.41, 5.74) is 2.87. The fourth-order valence-electron chi connectivity index (χ4n) is 2.44. The van der Waals surface area contributed by atoms with Crippen LogP contribution < -0.4 is 10.6 Å². The summed E-state index contributed by atoms with van der Waals surface area (Å²) in [5.74, 6) is -0.0189. The van der Waals surface area contributed by atoms with Gasteiger partial charge in [0.25, 0.3) is 0 Å². The fraction of sp³-hybridized carbons (Fsp3) is 0.188. The first kappa shape index (κ1) is 14.7. The molecule has 0 spiro atoms. The second-order valence-electron chi connectivity index (χ2n) is 5.01. The molecule has 1 amide bonds. The monoisotopic (exact) mass is 412 g/mol. The summed E-state index contributed by atoms with van der Waals surface area (Å²) in [6, 6.07) is 13.4. The second-order valence-corrected chi connectivity index (χ2v) is 6.66. The Bertz CT molecular complexity index is 690. The fourth-order valence-corrected chi connectivity index (χ4v) is 3.35. The highest BCUT2D eigenvalue weighted by atomic mass is 127. The second kappa shape index (κ2) is 6.23. The Hall–Kier alpha value is -1.27. The smallest absolute Gasteiger partial charge is 0.246 e. The van der Waals surface area contributed by atoms with E-state index >= 15 is 0 Å². The van der Waals surface area contributed by atoms with E-state index in [2.05, 4.69) is 39.3 Å². The lowest BCUT2D eigenvalue weighted by molar-refractivity contribution is -0.116. The van der Waals surface area contributed by atoms with Crippen LogP contribution in [0.1, 0.15) is 12.0 Å². The van der Waals surface area contributed by atoms with E-state index in [0.29, 0.717) is 5.02 Å². The molecule has 1 heterocycles. The number of carbonyl (C=O) groups is 1. The molecule has 0 fully saturated rings. The molecule has 5 heteroatoms. The van der Waals surface area contributed by atoms with E-state index in [4.69, 9.17) is 11.6 Å². The molecule has 0 bridgehead atoms. The molecule has 3 nitrogen and oxygen atoms in total. The van der Waals surface area contributed by atoms with Crippen molar-refractivity contribution in [3.63, 3.8) is 0 Å². The largest absolute Gasteiger partial charge is 0.372 e. The van der Waals surface area contributed by atoms with Crippen LogP contribution in [0.25, 0.3) is 0 Å². The SMILES string of the molecule is O=C1Nc2ccccc2CCC1Nc1ccc(I)cc1Cl. The molecule has 1 aliphatic heterocycles. The van der Waals surface area contributed by atoms with Crippen LogP contribution in [0.4, 0.5) is 11.4 Å². The molecule has 21 heavy (non-hydrogen) atoms. The van der Waals surface area contributed by atoms with Crippen molar-refractivity contribution in [2.45, 2.75) is 18.9 Å². The lowest BCUT2D eigenvalue weighted by Crippen LogP contribution is -2.33. The quantitative estimate of drug-likeness (QED) is 0.722. The van der Waals surface area contributed by atoms with Gasteiger partial charge in [-0.25, -0.2) is 0 Å². The minimum Gasteiger partial charge on any atom is -0.372 e. The summed E-state index contributed by atoms with van der Waals surface area (Å²) < 4.78 is 1.07. The zero-order valence-corrected chi connectivity index (χ0v) is 14.1. The molecule has 0 saturated carbocycles. The number of aryl methyl sites for hydroxylation is 1. The van der Waals surface area contributed by atoms with Crippen molar-refractivity contribution in [2.75, 3.05) is 10.6 Å². The average molecular weight is 413 g/mol. The lowest BCUT2D eigenvalue weighted by atomic mass is 10.1. The normalized spacial score (nSPS) is 17.6. The highest BCUT2D eigenvalue weighted by Gasteiger charge is 2.23. The Morgan fingerprint density at radius 1 is 1.24 bits per heavy atom. The third-order valence-corrected chi connectivity index (χ3v) is 4.54. The average Bonchev–Trinajstić information content (AvgIpc) is 2.61. The van der Waals surface area contributed by atoms with E-state index in [-0.39, 0.29) is 11.9 Å². The number of carbonyl (C=O) groups excluding carboxylic acids is 1. The predicted molar refractivity (Wildman–Crippen MR) is 95.0 cm³/mol. The van der Waals surface area contributed by atoms with E-state index < -0.39 is 0 Å². The van der Waals surface area contributed by atoms with Crippen molar-refractivity contribution in [2.24, 2.45) is 0 Å². The molecule has 108 valence electrons. The molecular formula is C16H14ClIN2O. The number of benzene rings is 2. The van der Waals surface area contributed by atoms with Gasteiger partial charge in [0.05, 0.1) is 10.7 Å². The third kappa shape index (κ3) is 3.32. The maximum Gasteiger partial charge on any atom is 0.246 e. The number of anilines is 2. The molecule has 0 aromatic heterocycles. The summed E-state index contributed by atoms with van der Waals surface area (Å²) in [5, 5.41) is 6.87. The molecule has 0 radical (unpaired) electrons. The Morgan fingerprint density at radius 3 is 2.86 bits per heavy atom. The van der Waals surface area contributed by atoms with Gasteiger partial charge in [-0.2, -0.15) is 0 Å². The maximum absolute atomic E-state index is 12.3. The molecule has 2 N–H and O–H groups in total. The van der Waals surface area contributed by atoms with E-state index in [1.165, 1.54) is 5.56 Å². The summed E-state index contributed by atoms with van der Waals surface area (Å²) in [6.07, 6.45) is 1.60. The number of hydrogen-bond acceptors (Lipinski definition) is 2. The molecule has 2 aromatic rings. The van der Waals surface area contributed by atoms with Crippen molar-refractivity contribution in [1.82, 2.24) is 0 Å². The molecule has 1 aliphatic rings. The van der Waals surface area contributed by atoms with Gasteiger partial charge in [-0.15, -0.1) is 0 Å². The van der Waals surface area contributed by atoms with Gasteiger partial charge in [0.2, 0.25) is 5.91 Å². The van der Waals surface area contributed by atoms with Crippen molar-refractivity contribution < 1.29 is 4.79 Å². The molecule has 1 unspecified atom stereocenters. The van der Waals surface area contributed by atoms with Gasteiger partial charge in [0.1, 0.15) is 6.04 Å². The van der Waals surface area contributed by atoms with Gasteiger partial charge in [0, 0.05) is 9.26 Å². The van der Waals surface area contributed by atoms with Crippen LogP contribution in [0.3, 0.4) is 0 Å². The summed E-state index contributed by atoms with van der Waals surface area (Å²) in [4.78, 5) is 12.3. The topological polar surface area (TPSA) is 41.1 Å². The summed E-state index contributed by atoms with van der Waals surface area (Å²) in [7, 11) is 0. The number of fused-ring (bicyclic) bond motifs is 1. The van der Waals surface area contributed by atoms with Gasteiger partial charge in [0.15, 0.2) is 0 Å². The maximum atomic E-state index is 12.3. The van der Waals surface area contributed by atoms with Crippen LogP contribution >= 0.6 is 34.2 Å². The number of amides is 1. The number of nitrogens with one attached hydrogen (secondary N) is 2. The molecule has 2 aromatic carbocycles. The zero-order valence-electron chi connectivity index (χ0n) is 11.2. The Labute approximate surface area is 142 Å². The standard InChI is InChI=1S/C16H14ClIN2O/c17-12-9-11(18)6-8-14(12)19-15-7-5-10-3-1-2-4-13(10)20-16(15)21/h1-4,6,8-9,15,19H,5,7H2,(H,20,21). The van der Waals surface area contributed by atoms with E-state index in [9.17, 15) is 4.79 Å². The number of halogens is 2. The molecular weight excluding hydrogens is 399 g/mol. The third-order valence-electron chi connectivity index (χ3n) is 3.55. The van der Waals surface area contributed by atoms with Crippen LogP contribution in [-0.4, -0.2) is 11.9 Å². The number of hydrogen-bond donors (Lipinski definition) is 2. The molecule has 0 aliphatic carbocycles. The first-order valence-electron chi connectivity index (χ1n) is 6.74. The minimum absolute atomic E-state index is 0.0189. The predicted octanol–water partition coefficient (Wildman–Crippen LogP) is 4.31. The van der Waals surface area contributed by atoms with Crippen LogP contribution in [0, 0.1) is 3.57 Å². The van der Waals surface area contributed by atoms with Crippen LogP contribution in [-0.2, 0) is 11.2 Å². The van der Waals surface area contributed by atoms with Crippen molar-refractivity contribution in [3.8, 4) is 0 Å². The Morgan fingerprint density at radius 2 is 2.05 bits per heavy atom. The van der Waals surface area contributed by atoms with Crippen LogP contribution in [0.2, 0.25) is 5.02 Å². The number of para-hydroxylation sites is 1. The minimum atomic E-state index is -0.282.